The Morgan fingerprint density at radius 2 is 1.74 bits per heavy atom. The number of aromatic nitrogens is 2. The molecule has 0 spiro atoms. The Hall–Kier alpha value is -4.17. The van der Waals surface area contributed by atoms with Crippen molar-refractivity contribution in [1.82, 2.24) is 19.8 Å². The fourth-order valence-corrected chi connectivity index (χ4v) is 5.48. The van der Waals surface area contributed by atoms with E-state index in [9.17, 15) is 4.79 Å². The van der Waals surface area contributed by atoms with Gasteiger partial charge in [0.15, 0.2) is 5.11 Å². The molecule has 194 valence electrons. The molecular weight excluding hydrogens is 492 g/mol. The first-order chi connectivity index (χ1) is 18.3. The zero-order chi connectivity index (χ0) is 26.8. The average molecular weight is 525 g/mol. The highest BCUT2D eigenvalue weighted by Crippen LogP contribution is 2.41. The van der Waals surface area contributed by atoms with Gasteiger partial charge in [-0.15, -0.1) is 0 Å². The van der Waals surface area contributed by atoms with Crippen LogP contribution in [0.2, 0.25) is 0 Å². The number of hydrogen-bond donors (Lipinski definition) is 2. The molecule has 38 heavy (non-hydrogen) atoms. The Kier molecular flexibility index (Phi) is 7.15. The van der Waals surface area contributed by atoms with Crippen molar-refractivity contribution in [2.75, 3.05) is 30.9 Å². The summed E-state index contributed by atoms with van der Waals surface area (Å²) in [4.78, 5) is 21.8. The van der Waals surface area contributed by atoms with Crippen LogP contribution in [-0.2, 0) is 4.79 Å². The number of nitrogens with zero attached hydrogens (tertiary/aromatic N) is 4. The number of pyridine rings is 1. The predicted molar refractivity (Wildman–Crippen MR) is 157 cm³/mol. The lowest BCUT2D eigenvalue weighted by atomic mass is 9.96. The minimum absolute atomic E-state index is 0.121. The van der Waals surface area contributed by atoms with Crippen LogP contribution in [0, 0.1) is 13.8 Å². The molecule has 0 unspecified atom stereocenters. The SMILES string of the molecule is Cc1cc([C@H]2[C@H](c3ccccn3)NC(=S)N2CC(=O)Nc2ccccc2)c(C)n1-c1ccc(N(C)C)cc1. The van der Waals surface area contributed by atoms with Gasteiger partial charge in [0.1, 0.15) is 6.54 Å². The third-order valence-corrected chi connectivity index (χ3v) is 7.33. The molecule has 0 radical (unpaired) electrons. The van der Waals surface area contributed by atoms with Gasteiger partial charge in [-0.1, -0.05) is 24.3 Å². The Morgan fingerprint density at radius 3 is 2.39 bits per heavy atom. The lowest BCUT2D eigenvalue weighted by molar-refractivity contribution is -0.116. The molecule has 1 aliphatic rings. The van der Waals surface area contributed by atoms with Gasteiger partial charge in [-0.2, -0.15) is 0 Å². The van der Waals surface area contributed by atoms with Gasteiger partial charge < -0.3 is 25.0 Å². The maximum absolute atomic E-state index is 13.1. The zero-order valence-corrected chi connectivity index (χ0v) is 22.9. The van der Waals surface area contributed by atoms with Gasteiger partial charge in [-0.05, 0) is 86.2 Å². The molecular formula is C30H32N6OS. The van der Waals surface area contributed by atoms with Crippen LogP contribution in [0.1, 0.15) is 34.7 Å². The summed E-state index contributed by atoms with van der Waals surface area (Å²) < 4.78 is 2.26. The molecule has 4 aromatic rings. The van der Waals surface area contributed by atoms with E-state index in [1.807, 2.05) is 67.5 Å². The molecule has 5 rings (SSSR count). The summed E-state index contributed by atoms with van der Waals surface area (Å²) in [6.07, 6.45) is 1.79. The number of anilines is 2. The summed E-state index contributed by atoms with van der Waals surface area (Å²) in [5, 5.41) is 6.98. The smallest absolute Gasteiger partial charge is 0.244 e. The summed E-state index contributed by atoms with van der Waals surface area (Å²) in [5.74, 6) is -0.125. The van der Waals surface area contributed by atoms with Crippen LogP contribution in [0.15, 0.2) is 85.1 Å². The summed E-state index contributed by atoms with van der Waals surface area (Å²) in [7, 11) is 4.07. The number of nitrogens with one attached hydrogen (secondary N) is 2. The van der Waals surface area contributed by atoms with E-state index in [1.54, 1.807) is 6.20 Å². The molecule has 2 aromatic carbocycles. The van der Waals surface area contributed by atoms with Gasteiger partial charge in [0.2, 0.25) is 5.91 Å². The fraction of sp³-hybridized carbons (Fsp3) is 0.233. The van der Waals surface area contributed by atoms with Gasteiger partial charge >= 0.3 is 0 Å². The van der Waals surface area contributed by atoms with Crippen molar-refractivity contribution in [2.24, 2.45) is 0 Å². The van der Waals surface area contributed by atoms with Gasteiger partial charge in [-0.3, -0.25) is 9.78 Å². The Balaban J connectivity index is 1.52. The van der Waals surface area contributed by atoms with Crippen molar-refractivity contribution in [3.63, 3.8) is 0 Å². The summed E-state index contributed by atoms with van der Waals surface area (Å²) in [5.41, 5.74) is 7.20. The topological polar surface area (TPSA) is 65.4 Å². The van der Waals surface area contributed by atoms with E-state index in [4.69, 9.17) is 12.2 Å². The molecule has 1 aliphatic heterocycles. The molecule has 2 atom stereocenters. The van der Waals surface area contributed by atoms with E-state index in [0.29, 0.717) is 5.11 Å². The van der Waals surface area contributed by atoms with Crippen molar-refractivity contribution in [3.8, 4) is 5.69 Å². The average Bonchev–Trinajstić information content (AvgIpc) is 3.39. The number of aryl methyl sites for hydroxylation is 1. The molecule has 0 aliphatic carbocycles. The van der Waals surface area contributed by atoms with Crippen LogP contribution in [0.3, 0.4) is 0 Å². The van der Waals surface area contributed by atoms with E-state index < -0.39 is 0 Å². The maximum Gasteiger partial charge on any atom is 0.244 e. The summed E-state index contributed by atoms with van der Waals surface area (Å²) >= 11 is 5.79. The molecule has 8 heteroatoms. The van der Waals surface area contributed by atoms with Gasteiger partial charge in [-0.25, -0.2) is 0 Å². The second kappa shape index (κ2) is 10.7. The van der Waals surface area contributed by atoms with E-state index in [2.05, 4.69) is 69.3 Å². The number of hydrogen-bond acceptors (Lipinski definition) is 4. The van der Waals surface area contributed by atoms with E-state index in [-0.39, 0.29) is 24.5 Å². The second-order valence-electron chi connectivity index (χ2n) is 9.74. The monoisotopic (exact) mass is 524 g/mol. The molecule has 1 saturated heterocycles. The van der Waals surface area contributed by atoms with Crippen LogP contribution in [0.4, 0.5) is 11.4 Å². The Morgan fingerprint density at radius 1 is 1.03 bits per heavy atom. The minimum Gasteiger partial charge on any atom is -0.378 e. The summed E-state index contributed by atoms with van der Waals surface area (Å²) in [6, 6.07) is 25.7. The van der Waals surface area contributed by atoms with Crippen LogP contribution in [-0.4, -0.2) is 46.1 Å². The quantitative estimate of drug-likeness (QED) is 0.326. The predicted octanol–water partition coefficient (Wildman–Crippen LogP) is 5.17. The summed E-state index contributed by atoms with van der Waals surface area (Å²) in [6.45, 7) is 4.36. The Labute approximate surface area is 229 Å². The van der Waals surface area contributed by atoms with Crippen LogP contribution in [0.25, 0.3) is 5.69 Å². The normalized spacial score (nSPS) is 16.8. The largest absolute Gasteiger partial charge is 0.378 e. The first kappa shape index (κ1) is 25.5. The third kappa shape index (κ3) is 4.99. The van der Waals surface area contributed by atoms with Gasteiger partial charge in [0, 0.05) is 48.7 Å². The van der Waals surface area contributed by atoms with Crippen molar-refractivity contribution in [2.45, 2.75) is 25.9 Å². The van der Waals surface area contributed by atoms with Crippen LogP contribution in [0.5, 0.6) is 0 Å². The number of benzene rings is 2. The van der Waals surface area contributed by atoms with Crippen molar-refractivity contribution in [3.05, 3.63) is 108 Å². The van der Waals surface area contributed by atoms with Crippen molar-refractivity contribution >= 4 is 34.6 Å². The Bertz CT molecular complexity index is 1430. The van der Waals surface area contributed by atoms with Gasteiger partial charge in [0.25, 0.3) is 0 Å². The molecule has 3 heterocycles. The van der Waals surface area contributed by atoms with Crippen molar-refractivity contribution in [1.29, 1.82) is 0 Å². The number of para-hydroxylation sites is 1. The highest BCUT2D eigenvalue weighted by Gasteiger charge is 2.42. The molecule has 7 nitrogen and oxygen atoms in total. The number of carbonyl (C=O) groups is 1. The highest BCUT2D eigenvalue weighted by atomic mass is 32.1. The molecule has 0 saturated carbocycles. The van der Waals surface area contributed by atoms with E-state index in [0.717, 1.165) is 39.7 Å². The number of carbonyl (C=O) groups excluding carboxylic acids is 1. The number of rotatable bonds is 7. The number of thiocarbonyl (C=S) groups is 1. The van der Waals surface area contributed by atoms with Gasteiger partial charge in [0.05, 0.1) is 17.8 Å². The molecule has 2 aromatic heterocycles. The third-order valence-electron chi connectivity index (χ3n) is 6.98. The fourth-order valence-electron chi connectivity index (χ4n) is 5.18. The van der Waals surface area contributed by atoms with Crippen molar-refractivity contribution < 1.29 is 4.79 Å². The number of amides is 1. The molecule has 2 N–H and O–H groups in total. The standard InChI is InChI=1S/C30H32N6OS/c1-20-18-25(21(2)36(20)24-15-13-23(14-16-24)34(3)4)29-28(26-12-8-9-17-31-26)33-30(38)35(29)19-27(37)32-22-10-6-5-7-11-22/h5-18,28-29H,19H2,1-4H3,(H,32,37)(H,33,38)/t28-,29-/m0/s1. The lowest BCUT2D eigenvalue weighted by Crippen LogP contribution is -2.37. The first-order valence-corrected chi connectivity index (χ1v) is 13.0. The minimum atomic E-state index is -0.208. The lowest BCUT2D eigenvalue weighted by Gasteiger charge is -2.27. The molecule has 1 fully saturated rings. The maximum atomic E-state index is 13.1. The van der Waals surface area contributed by atoms with E-state index in [1.165, 1.54) is 0 Å². The van der Waals surface area contributed by atoms with Crippen LogP contribution < -0.4 is 15.5 Å². The zero-order valence-electron chi connectivity index (χ0n) is 22.1. The van der Waals surface area contributed by atoms with Crippen LogP contribution >= 0.6 is 12.2 Å². The first-order valence-electron chi connectivity index (χ1n) is 12.6. The molecule has 1 amide bonds. The molecule has 0 bridgehead atoms. The van der Waals surface area contributed by atoms with E-state index >= 15 is 0 Å². The highest BCUT2D eigenvalue weighted by molar-refractivity contribution is 7.80. The second-order valence-corrected chi connectivity index (χ2v) is 10.1.